The van der Waals surface area contributed by atoms with Gasteiger partial charge in [-0.2, -0.15) is 10.2 Å². The van der Waals surface area contributed by atoms with Gasteiger partial charge >= 0.3 is 0 Å². The van der Waals surface area contributed by atoms with E-state index < -0.39 is 0 Å². The van der Waals surface area contributed by atoms with Crippen LogP contribution in [0.3, 0.4) is 0 Å². The Morgan fingerprint density at radius 1 is 0.840 bits per heavy atom. The minimum atomic E-state index is 0.745. The normalized spacial score (nSPS) is 17.6. The molecule has 2 fully saturated rings. The molecule has 4 rings (SSSR count). The molecular formula is C19H22N6. The van der Waals surface area contributed by atoms with E-state index in [0.717, 1.165) is 62.3 Å². The molecule has 0 atom stereocenters. The molecule has 2 saturated heterocycles. The summed E-state index contributed by atoms with van der Waals surface area (Å²) in [5.74, 6) is 1.86. The highest BCUT2D eigenvalue weighted by atomic mass is 15.3. The smallest absolute Gasteiger partial charge is 0.227 e. The lowest BCUT2D eigenvalue weighted by Gasteiger charge is -2.37. The Hall–Kier alpha value is -2.81. The molecule has 1 aromatic heterocycles. The van der Waals surface area contributed by atoms with Crippen molar-refractivity contribution in [3.8, 4) is 6.07 Å². The van der Waals surface area contributed by atoms with Crippen LogP contribution in [0.15, 0.2) is 36.5 Å². The Morgan fingerprint density at radius 3 is 2.32 bits per heavy atom. The van der Waals surface area contributed by atoms with Crippen molar-refractivity contribution in [2.75, 3.05) is 54.0 Å². The third kappa shape index (κ3) is 3.22. The number of anilines is 3. The standard InChI is InChI=1S/C19H22N6/c20-15-16-5-1-2-6-17(16)23-11-13-24(14-12-23)18-7-8-21-19(22-18)25-9-3-4-10-25/h1-2,5-8H,3-4,9-14H2. The third-order valence-electron chi connectivity index (χ3n) is 4.99. The Bertz CT molecular complexity index is 769. The summed E-state index contributed by atoms with van der Waals surface area (Å²) in [6.45, 7) is 5.69. The van der Waals surface area contributed by atoms with Crippen molar-refractivity contribution in [2.24, 2.45) is 0 Å². The van der Waals surface area contributed by atoms with Gasteiger partial charge in [0, 0.05) is 45.5 Å². The number of nitriles is 1. The summed E-state index contributed by atoms with van der Waals surface area (Å²) in [7, 11) is 0. The van der Waals surface area contributed by atoms with Gasteiger partial charge in [-0.3, -0.25) is 0 Å². The molecule has 25 heavy (non-hydrogen) atoms. The lowest BCUT2D eigenvalue weighted by molar-refractivity contribution is 0.645. The molecule has 6 heteroatoms. The van der Waals surface area contributed by atoms with Gasteiger partial charge in [0.25, 0.3) is 0 Å². The maximum atomic E-state index is 9.30. The SMILES string of the molecule is N#Cc1ccccc1N1CCN(c2ccnc(N3CCCC3)n2)CC1. The Balaban J connectivity index is 1.45. The van der Waals surface area contributed by atoms with Crippen LogP contribution >= 0.6 is 0 Å². The predicted octanol–water partition coefficient (Wildman–Crippen LogP) is 2.28. The van der Waals surface area contributed by atoms with Crippen LogP contribution in [-0.4, -0.2) is 49.2 Å². The molecule has 0 spiro atoms. The van der Waals surface area contributed by atoms with E-state index in [2.05, 4.69) is 25.8 Å². The summed E-state index contributed by atoms with van der Waals surface area (Å²) >= 11 is 0. The van der Waals surface area contributed by atoms with Crippen LogP contribution in [0.4, 0.5) is 17.5 Å². The highest BCUT2D eigenvalue weighted by molar-refractivity contribution is 5.60. The van der Waals surface area contributed by atoms with Crippen molar-refractivity contribution in [3.63, 3.8) is 0 Å². The summed E-state index contributed by atoms with van der Waals surface area (Å²) in [6, 6.07) is 12.1. The Kier molecular flexibility index (Phi) is 4.38. The summed E-state index contributed by atoms with van der Waals surface area (Å²) in [5.41, 5.74) is 1.78. The number of nitrogens with zero attached hydrogens (tertiary/aromatic N) is 6. The number of hydrogen-bond acceptors (Lipinski definition) is 6. The van der Waals surface area contributed by atoms with E-state index in [-0.39, 0.29) is 0 Å². The van der Waals surface area contributed by atoms with Crippen LogP contribution in [0, 0.1) is 11.3 Å². The highest BCUT2D eigenvalue weighted by Gasteiger charge is 2.21. The second-order valence-electron chi connectivity index (χ2n) is 6.51. The number of aromatic nitrogens is 2. The maximum absolute atomic E-state index is 9.30. The Morgan fingerprint density at radius 2 is 1.56 bits per heavy atom. The first-order valence-electron chi connectivity index (χ1n) is 8.92. The van der Waals surface area contributed by atoms with E-state index in [4.69, 9.17) is 4.98 Å². The van der Waals surface area contributed by atoms with E-state index in [0.29, 0.717) is 0 Å². The van der Waals surface area contributed by atoms with Crippen molar-refractivity contribution in [2.45, 2.75) is 12.8 Å². The van der Waals surface area contributed by atoms with Crippen molar-refractivity contribution >= 4 is 17.5 Å². The van der Waals surface area contributed by atoms with Gasteiger partial charge in [-0.1, -0.05) is 12.1 Å². The number of hydrogen-bond donors (Lipinski definition) is 0. The van der Waals surface area contributed by atoms with Gasteiger partial charge in [-0.15, -0.1) is 0 Å². The third-order valence-corrected chi connectivity index (χ3v) is 4.99. The molecule has 3 heterocycles. The zero-order chi connectivity index (χ0) is 17.1. The molecule has 2 aromatic rings. The first-order chi connectivity index (χ1) is 12.3. The molecular weight excluding hydrogens is 312 g/mol. The zero-order valence-electron chi connectivity index (χ0n) is 14.3. The molecule has 0 aliphatic carbocycles. The van der Waals surface area contributed by atoms with Crippen molar-refractivity contribution in [1.82, 2.24) is 9.97 Å². The molecule has 1 aromatic carbocycles. The molecule has 0 saturated carbocycles. The summed E-state index contributed by atoms with van der Waals surface area (Å²) in [6.07, 6.45) is 4.32. The number of piperazine rings is 1. The van der Waals surface area contributed by atoms with Crippen LogP contribution in [0.5, 0.6) is 0 Å². The molecule has 2 aliphatic heterocycles. The lowest BCUT2D eigenvalue weighted by atomic mass is 10.1. The summed E-state index contributed by atoms with van der Waals surface area (Å²) in [4.78, 5) is 16.1. The fourth-order valence-corrected chi connectivity index (χ4v) is 3.61. The Labute approximate surface area is 148 Å². The van der Waals surface area contributed by atoms with Gasteiger partial charge < -0.3 is 14.7 Å². The molecule has 0 N–H and O–H groups in total. The van der Waals surface area contributed by atoms with Gasteiger partial charge in [0.2, 0.25) is 5.95 Å². The van der Waals surface area contributed by atoms with Crippen molar-refractivity contribution in [1.29, 1.82) is 5.26 Å². The van der Waals surface area contributed by atoms with Crippen LogP contribution in [0.25, 0.3) is 0 Å². The zero-order valence-corrected chi connectivity index (χ0v) is 14.3. The van der Waals surface area contributed by atoms with Crippen LogP contribution in [-0.2, 0) is 0 Å². The minimum absolute atomic E-state index is 0.745. The first kappa shape index (κ1) is 15.7. The predicted molar refractivity (Wildman–Crippen MR) is 99.1 cm³/mol. The van der Waals surface area contributed by atoms with Crippen molar-refractivity contribution < 1.29 is 0 Å². The van der Waals surface area contributed by atoms with Crippen LogP contribution in [0.1, 0.15) is 18.4 Å². The molecule has 128 valence electrons. The van der Waals surface area contributed by atoms with Crippen molar-refractivity contribution in [3.05, 3.63) is 42.1 Å². The van der Waals surface area contributed by atoms with E-state index in [1.165, 1.54) is 12.8 Å². The monoisotopic (exact) mass is 334 g/mol. The van der Waals surface area contributed by atoms with Crippen LogP contribution < -0.4 is 14.7 Å². The highest BCUT2D eigenvalue weighted by Crippen LogP contribution is 2.24. The molecule has 0 bridgehead atoms. The van der Waals surface area contributed by atoms with Gasteiger partial charge in [0.15, 0.2) is 0 Å². The van der Waals surface area contributed by atoms with Gasteiger partial charge in [-0.05, 0) is 31.0 Å². The molecule has 0 amide bonds. The lowest BCUT2D eigenvalue weighted by Crippen LogP contribution is -2.47. The quantitative estimate of drug-likeness (QED) is 0.858. The topological polar surface area (TPSA) is 59.3 Å². The van der Waals surface area contributed by atoms with Crippen LogP contribution in [0.2, 0.25) is 0 Å². The van der Waals surface area contributed by atoms with Gasteiger partial charge in [-0.25, -0.2) is 4.98 Å². The van der Waals surface area contributed by atoms with Gasteiger partial charge in [0.1, 0.15) is 11.9 Å². The second kappa shape index (κ2) is 6.98. The number of rotatable bonds is 3. The average Bonchev–Trinajstić information content (AvgIpc) is 3.23. The van der Waals surface area contributed by atoms with E-state index >= 15 is 0 Å². The largest absolute Gasteiger partial charge is 0.367 e. The molecule has 2 aliphatic rings. The second-order valence-corrected chi connectivity index (χ2v) is 6.51. The average molecular weight is 334 g/mol. The van der Waals surface area contributed by atoms with E-state index in [9.17, 15) is 5.26 Å². The van der Waals surface area contributed by atoms with E-state index in [1.54, 1.807) is 0 Å². The maximum Gasteiger partial charge on any atom is 0.227 e. The fourth-order valence-electron chi connectivity index (χ4n) is 3.61. The molecule has 0 unspecified atom stereocenters. The molecule has 6 nitrogen and oxygen atoms in total. The summed E-state index contributed by atoms with van der Waals surface area (Å²) < 4.78 is 0. The minimum Gasteiger partial charge on any atom is -0.367 e. The molecule has 0 radical (unpaired) electrons. The fraction of sp³-hybridized carbons (Fsp3) is 0.421. The van der Waals surface area contributed by atoms with Gasteiger partial charge in [0.05, 0.1) is 11.3 Å². The first-order valence-corrected chi connectivity index (χ1v) is 8.92. The summed E-state index contributed by atoms with van der Waals surface area (Å²) in [5, 5.41) is 9.30. The number of para-hydroxylation sites is 1. The van der Waals surface area contributed by atoms with E-state index in [1.807, 2.05) is 36.5 Å². The number of benzene rings is 1.